The topological polar surface area (TPSA) is 32.3 Å². The predicted molar refractivity (Wildman–Crippen MR) is 83.0 cm³/mol. The number of benzene rings is 1. The zero-order chi connectivity index (χ0) is 15.5. The Morgan fingerprint density at radius 3 is 2.33 bits per heavy atom. The number of carbonyl (C=O) groups is 1. The van der Waals surface area contributed by atoms with Crippen LogP contribution >= 0.6 is 22.6 Å². The van der Waals surface area contributed by atoms with Crippen LogP contribution in [0, 0.1) is 9.49 Å². The lowest BCUT2D eigenvalue weighted by Crippen LogP contribution is -2.42. The molecular weight excluding hydrogens is 396 g/mol. The zero-order valence-electron chi connectivity index (χ0n) is 11.3. The lowest BCUT2D eigenvalue weighted by Gasteiger charge is -2.32. The number of amides is 1. The fraction of sp³-hybridized carbons (Fsp3) is 0.500. The predicted octanol–water partition coefficient (Wildman–Crippen LogP) is 3.50. The average Bonchev–Trinajstić information content (AvgIpc) is 2.41. The lowest BCUT2D eigenvalue weighted by molar-refractivity contribution is -0.184. The van der Waals surface area contributed by atoms with Crippen LogP contribution in [0.3, 0.4) is 0 Å². The number of nitrogens with one attached hydrogen (secondary N) is 1. The van der Waals surface area contributed by atoms with Crippen LogP contribution in [0.4, 0.5) is 18.9 Å². The van der Waals surface area contributed by atoms with E-state index in [2.05, 4.69) is 27.9 Å². The average molecular weight is 412 g/mol. The number of alkyl halides is 3. The Bertz CT molecular complexity index is 482. The minimum Gasteiger partial charge on any atom is -0.325 e. The lowest BCUT2D eigenvalue weighted by atomic mass is 9.96. The molecule has 21 heavy (non-hydrogen) atoms. The monoisotopic (exact) mass is 412 g/mol. The van der Waals surface area contributed by atoms with Gasteiger partial charge in [0.05, 0.1) is 12.5 Å². The minimum atomic E-state index is -4.12. The summed E-state index contributed by atoms with van der Waals surface area (Å²) in [5.74, 6) is -1.42. The van der Waals surface area contributed by atoms with Gasteiger partial charge in [0, 0.05) is 9.26 Å². The van der Waals surface area contributed by atoms with E-state index >= 15 is 0 Å². The van der Waals surface area contributed by atoms with Gasteiger partial charge in [0.15, 0.2) is 0 Å². The third-order valence-corrected chi connectivity index (χ3v) is 4.26. The van der Waals surface area contributed by atoms with Crippen molar-refractivity contribution in [2.24, 2.45) is 5.92 Å². The normalized spacial score (nSPS) is 17.7. The van der Waals surface area contributed by atoms with E-state index in [-0.39, 0.29) is 25.3 Å². The van der Waals surface area contributed by atoms with E-state index in [0.717, 1.165) is 3.57 Å². The molecule has 0 aromatic heterocycles. The van der Waals surface area contributed by atoms with Crippen molar-refractivity contribution >= 4 is 34.2 Å². The van der Waals surface area contributed by atoms with Gasteiger partial charge in [0.2, 0.25) is 5.91 Å². The van der Waals surface area contributed by atoms with Crippen molar-refractivity contribution in [2.75, 3.05) is 25.0 Å². The number of hydrogen-bond donors (Lipinski definition) is 1. The van der Waals surface area contributed by atoms with Gasteiger partial charge in [-0.1, -0.05) is 0 Å². The summed E-state index contributed by atoms with van der Waals surface area (Å²) in [5, 5.41) is 2.75. The molecule has 1 aliphatic rings. The zero-order valence-corrected chi connectivity index (χ0v) is 13.4. The van der Waals surface area contributed by atoms with Gasteiger partial charge in [-0.3, -0.25) is 9.69 Å². The van der Waals surface area contributed by atoms with Crippen LogP contribution in [0.25, 0.3) is 0 Å². The first kappa shape index (κ1) is 16.5. The largest absolute Gasteiger partial charge is 0.391 e. The molecule has 0 atom stereocenters. The molecule has 7 heteroatoms. The van der Waals surface area contributed by atoms with Crippen molar-refractivity contribution in [1.29, 1.82) is 0 Å². The van der Waals surface area contributed by atoms with Gasteiger partial charge in [0.25, 0.3) is 0 Å². The fourth-order valence-electron chi connectivity index (χ4n) is 2.36. The third-order valence-electron chi connectivity index (χ3n) is 3.55. The maximum absolute atomic E-state index is 12.6. The molecule has 116 valence electrons. The van der Waals surface area contributed by atoms with E-state index in [1.54, 1.807) is 17.0 Å². The number of likely N-dealkylation sites (tertiary alicyclic amines) is 1. The second-order valence-corrected chi connectivity index (χ2v) is 6.39. The molecule has 3 nitrogen and oxygen atoms in total. The van der Waals surface area contributed by atoms with Crippen LogP contribution in [-0.4, -0.2) is 36.6 Å². The highest BCUT2D eigenvalue weighted by atomic mass is 127. The van der Waals surface area contributed by atoms with Crippen molar-refractivity contribution in [3.63, 3.8) is 0 Å². The van der Waals surface area contributed by atoms with Crippen LogP contribution in [0.1, 0.15) is 12.8 Å². The number of hydrogen-bond acceptors (Lipinski definition) is 2. The number of carbonyl (C=O) groups excluding carboxylic acids is 1. The highest BCUT2D eigenvalue weighted by Crippen LogP contribution is 2.33. The number of rotatable bonds is 3. The van der Waals surface area contributed by atoms with Gasteiger partial charge in [-0.05, 0) is 72.8 Å². The molecule has 0 aliphatic carbocycles. The molecule has 1 N–H and O–H groups in total. The van der Waals surface area contributed by atoms with Crippen molar-refractivity contribution in [3.05, 3.63) is 27.8 Å². The maximum Gasteiger partial charge on any atom is 0.391 e. The van der Waals surface area contributed by atoms with Crippen LogP contribution < -0.4 is 5.32 Å². The first-order valence-electron chi connectivity index (χ1n) is 6.69. The molecule has 1 saturated heterocycles. The first-order chi connectivity index (χ1) is 9.84. The Kier molecular flexibility index (Phi) is 5.48. The molecule has 0 radical (unpaired) electrons. The van der Waals surface area contributed by atoms with Crippen molar-refractivity contribution in [3.8, 4) is 0 Å². The Morgan fingerprint density at radius 1 is 1.24 bits per heavy atom. The first-order valence-corrected chi connectivity index (χ1v) is 7.77. The van der Waals surface area contributed by atoms with Gasteiger partial charge in [-0.2, -0.15) is 13.2 Å². The summed E-state index contributed by atoms with van der Waals surface area (Å²) < 4.78 is 38.7. The smallest absolute Gasteiger partial charge is 0.325 e. The molecule has 0 bridgehead atoms. The van der Waals surface area contributed by atoms with E-state index in [1.807, 2.05) is 12.1 Å². The van der Waals surface area contributed by atoms with Crippen LogP contribution in [-0.2, 0) is 4.79 Å². The third kappa shape index (κ3) is 5.14. The molecule has 1 amide bonds. The summed E-state index contributed by atoms with van der Waals surface area (Å²) in [5.41, 5.74) is 0.700. The number of halogens is 4. The van der Waals surface area contributed by atoms with Gasteiger partial charge >= 0.3 is 6.18 Å². The summed E-state index contributed by atoms with van der Waals surface area (Å²) in [6.07, 6.45) is -3.98. The molecule has 1 aliphatic heterocycles. The summed E-state index contributed by atoms with van der Waals surface area (Å²) in [6, 6.07) is 7.36. The Balaban J connectivity index is 1.78. The molecule has 1 heterocycles. The molecule has 0 unspecified atom stereocenters. The molecule has 0 saturated carbocycles. The Hall–Kier alpha value is -0.830. The summed E-state index contributed by atoms with van der Waals surface area (Å²) in [7, 11) is 0. The van der Waals surface area contributed by atoms with Crippen LogP contribution in [0.15, 0.2) is 24.3 Å². The van der Waals surface area contributed by atoms with E-state index in [4.69, 9.17) is 0 Å². The second kappa shape index (κ2) is 6.95. The number of anilines is 1. The second-order valence-electron chi connectivity index (χ2n) is 5.15. The SMILES string of the molecule is O=C(CN1CCC(C(F)(F)F)CC1)Nc1ccc(I)cc1. The van der Waals surface area contributed by atoms with Gasteiger partial charge < -0.3 is 5.32 Å². The maximum atomic E-state index is 12.6. The Labute approximate surface area is 135 Å². The van der Waals surface area contributed by atoms with Crippen molar-refractivity contribution in [1.82, 2.24) is 4.90 Å². The number of piperidine rings is 1. The molecule has 1 aromatic rings. The van der Waals surface area contributed by atoms with Crippen molar-refractivity contribution < 1.29 is 18.0 Å². The van der Waals surface area contributed by atoms with Crippen LogP contribution in [0.2, 0.25) is 0 Å². The highest BCUT2D eigenvalue weighted by Gasteiger charge is 2.41. The summed E-state index contributed by atoms with van der Waals surface area (Å²) >= 11 is 2.17. The highest BCUT2D eigenvalue weighted by molar-refractivity contribution is 14.1. The van der Waals surface area contributed by atoms with Gasteiger partial charge in [-0.15, -0.1) is 0 Å². The number of nitrogens with zero attached hydrogens (tertiary/aromatic N) is 1. The van der Waals surface area contributed by atoms with E-state index in [1.165, 1.54) is 0 Å². The summed E-state index contributed by atoms with van der Waals surface area (Å²) in [6.45, 7) is 0.755. The van der Waals surface area contributed by atoms with Gasteiger partial charge in [0.1, 0.15) is 0 Å². The molecule has 0 spiro atoms. The summed E-state index contributed by atoms with van der Waals surface area (Å²) in [4.78, 5) is 13.6. The van der Waals surface area contributed by atoms with Crippen molar-refractivity contribution in [2.45, 2.75) is 19.0 Å². The molecule has 2 rings (SSSR count). The van der Waals surface area contributed by atoms with Crippen LogP contribution in [0.5, 0.6) is 0 Å². The minimum absolute atomic E-state index is 0.0698. The fourth-order valence-corrected chi connectivity index (χ4v) is 2.71. The molecular formula is C14H16F3IN2O. The van der Waals surface area contributed by atoms with E-state index in [9.17, 15) is 18.0 Å². The molecule has 1 fully saturated rings. The quantitative estimate of drug-likeness (QED) is 0.772. The van der Waals surface area contributed by atoms with E-state index < -0.39 is 12.1 Å². The van der Waals surface area contributed by atoms with Gasteiger partial charge in [-0.25, -0.2) is 0 Å². The van der Waals surface area contributed by atoms with E-state index in [0.29, 0.717) is 18.8 Å². The molecule has 1 aromatic carbocycles. The standard InChI is InChI=1S/C14H16F3IN2O/c15-14(16,17)10-5-7-20(8-6-10)9-13(21)19-12-3-1-11(18)2-4-12/h1-4,10H,5-9H2,(H,19,21). The Morgan fingerprint density at radius 2 is 1.81 bits per heavy atom.